The molecule has 2 rings (SSSR count). The molecule has 0 amide bonds. The van der Waals surface area contributed by atoms with E-state index in [9.17, 15) is 4.79 Å². The third kappa shape index (κ3) is 1.64. The molecule has 0 saturated carbocycles. The highest BCUT2D eigenvalue weighted by Crippen LogP contribution is 2.06. The molecule has 0 unspecified atom stereocenters. The maximum atomic E-state index is 10.3. The lowest BCUT2D eigenvalue weighted by Gasteiger charge is -1.87. The summed E-state index contributed by atoms with van der Waals surface area (Å²) in [4.78, 5) is 10.3. The number of nitrogens with zero attached hydrogens (tertiary/aromatic N) is 2. The molecule has 0 aliphatic heterocycles. The second kappa shape index (κ2) is 3.33. The van der Waals surface area contributed by atoms with Gasteiger partial charge in [0.2, 0.25) is 0 Å². The van der Waals surface area contributed by atoms with Crippen LogP contribution >= 0.6 is 0 Å². The van der Waals surface area contributed by atoms with Crippen molar-refractivity contribution < 1.29 is 9.90 Å². The molecule has 2 aromatic rings. The quantitative estimate of drug-likeness (QED) is 0.725. The molecule has 4 nitrogen and oxygen atoms in total. The minimum atomic E-state index is -0.970. The van der Waals surface area contributed by atoms with Crippen LogP contribution in [0, 0.1) is 0 Å². The van der Waals surface area contributed by atoms with Gasteiger partial charge in [0.05, 0.1) is 11.2 Å². The lowest BCUT2D eigenvalue weighted by atomic mass is 10.3. The van der Waals surface area contributed by atoms with Crippen LogP contribution in [0.25, 0.3) is 11.6 Å². The van der Waals surface area contributed by atoms with Crippen LogP contribution in [0.2, 0.25) is 0 Å². The number of hydrogen-bond acceptors (Lipinski definition) is 2. The molecule has 1 N–H and O–H groups in total. The summed E-state index contributed by atoms with van der Waals surface area (Å²) in [6.07, 6.45) is 4.35. The molecule has 0 aliphatic carbocycles. The van der Waals surface area contributed by atoms with Crippen molar-refractivity contribution >= 4 is 17.6 Å². The van der Waals surface area contributed by atoms with Gasteiger partial charge in [-0.15, -0.1) is 0 Å². The van der Waals surface area contributed by atoms with E-state index in [-0.39, 0.29) is 0 Å². The Morgan fingerprint density at radius 3 is 3.07 bits per heavy atom. The van der Waals surface area contributed by atoms with Gasteiger partial charge in [-0.1, -0.05) is 6.07 Å². The number of rotatable bonds is 2. The van der Waals surface area contributed by atoms with Crippen molar-refractivity contribution in [2.45, 2.75) is 0 Å². The molecular weight excluding hydrogens is 180 g/mol. The molecule has 0 spiro atoms. The summed E-state index contributed by atoms with van der Waals surface area (Å²) in [5.41, 5.74) is 1.58. The van der Waals surface area contributed by atoms with Gasteiger partial charge >= 0.3 is 5.97 Å². The van der Waals surface area contributed by atoms with Crippen LogP contribution in [0.15, 0.2) is 36.5 Å². The Balaban J connectivity index is 2.40. The summed E-state index contributed by atoms with van der Waals surface area (Å²) in [6.45, 7) is 0. The monoisotopic (exact) mass is 188 g/mol. The number of pyridine rings is 1. The zero-order valence-corrected chi connectivity index (χ0v) is 7.29. The van der Waals surface area contributed by atoms with Crippen LogP contribution in [0.3, 0.4) is 0 Å². The zero-order chi connectivity index (χ0) is 9.97. The van der Waals surface area contributed by atoms with Crippen LogP contribution in [0.5, 0.6) is 0 Å². The molecule has 0 saturated heterocycles. The van der Waals surface area contributed by atoms with E-state index in [1.807, 2.05) is 30.5 Å². The van der Waals surface area contributed by atoms with E-state index in [1.165, 1.54) is 6.08 Å². The molecular formula is C10H8N2O2. The van der Waals surface area contributed by atoms with Crippen molar-refractivity contribution in [2.24, 2.45) is 0 Å². The highest BCUT2D eigenvalue weighted by atomic mass is 16.4. The molecule has 4 heteroatoms. The van der Waals surface area contributed by atoms with E-state index < -0.39 is 5.97 Å². The van der Waals surface area contributed by atoms with Crippen molar-refractivity contribution in [2.75, 3.05) is 0 Å². The lowest BCUT2D eigenvalue weighted by molar-refractivity contribution is -0.131. The summed E-state index contributed by atoms with van der Waals surface area (Å²) in [5.74, 6) is -0.970. The van der Waals surface area contributed by atoms with Gasteiger partial charge in [-0.3, -0.25) is 0 Å². The second-order valence-corrected chi connectivity index (χ2v) is 2.81. The van der Waals surface area contributed by atoms with Crippen LogP contribution < -0.4 is 0 Å². The fourth-order valence-corrected chi connectivity index (χ4v) is 1.20. The summed E-state index contributed by atoms with van der Waals surface area (Å²) in [5, 5.41) is 12.6. The molecule has 14 heavy (non-hydrogen) atoms. The third-order valence-electron chi connectivity index (χ3n) is 1.79. The molecule has 0 bridgehead atoms. The van der Waals surface area contributed by atoms with Crippen molar-refractivity contribution in [1.29, 1.82) is 0 Å². The number of carboxylic acid groups (broad SMARTS) is 1. The first-order valence-electron chi connectivity index (χ1n) is 4.11. The van der Waals surface area contributed by atoms with E-state index in [0.29, 0.717) is 5.69 Å². The van der Waals surface area contributed by atoms with Gasteiger partial charge in [-0.2, -0.15) is 5.10 Å². The zero-order valence-electron chi connectivity index (χ0n) is 7.29. The maximum absolute atomic E-state index is 10.3. The molecule has 2 heterocycles. The Morgan fingerprint density at radius 1 is 1.50 bits per heavy atom. The minimum Gasteiger partial charge on any atom is -0.478 e. The summed E-state index contributed by atoms with van der Waals surface area (Å²) < 4.78 is 1.70. The normalized spacial score (nSPS) is 11.1. The van der Waals surface area contributed by atoms with Gasteiger partial charge in [0.1, 0.15) is 0 Å². The van der Waals surface area contributed by atoms with Gasteiger partial charge in [0, 0.05) is 12.3 Å². The average molecular weight is 188 g/mol. The summed E-state index contributed by atoms with van der Waals surface area (Å²) in [7, 11) is 0. The van der Waals surface area contributed by atoms with Gasteiger partial charge in [0.15, 0.2) is 0 Å². The predicted molar refractivity (Wildman–Crippen MR) is 51.9 cm³/mol. The molecule has 70 valence electrons. The summed E-state index contributed by atoms with van der Waals surface area (Å²) in [6, 6.07) is 7.50. The van der Waals surface area contributed by atoms with Crippen LogP contribution in [0.4, 0.5) is 0 Å². The third-order valence-corrected chi connectivity index (χ3v) is 1.79. The smallest absolute Gasteiger partial charge is 0.328 e. The van der Waals surface area contributed by atoms with Gasteiger partial charge < -0.3 is 5.11 Å². The summed E-state index contributed by atoms with van der Waals surface area (Å²) >= 11 is 0. The molecule has 0 aromatic carbocycles. The highest BCUT2D eigenvalue weighted by Gasteiger charge is 1.96. The topological polar surface area (TPSA) is 54.6 Å². The van der Waals surface area contributed by atoms with E-state index in [0.717, 1.165) is 11.6 Å². The number of carboxylic acids is 1. The van der Waals surface area contributed by atoms with E-state index in [2.05, 4.69) is 5.10 Å². The Bertz CT molecular complexity index is 467. The molecule has 0 atom stereocenters. The SMILES string of the molecule is O=C(O)/C=C/c1cc2ccccn2n1. The second-order valence-electron chi connectivity index (χ2n) is 2.81. The molecule has 2 aromatic heterocycles. The Labute approximate surface area is 80.1 Å². The van der Waals surface area contributed by atoms with Gasteiger partial charge in [-0.25, -0.2) is 9.31 Å². The van der Waals surface area contributed by atoms with E-state index >= 15 is 0 Å². The number of carbonyl (C=O) groups is 1. The van der Waals surface area contributed by atoms with Crippen molar-refractivity contribution in [3.8, 4) is 0 Å². The number of aliphatic carboxylic acids is 1. The maximum Gasteiger partial charge on any atom is 0.328 e. The average Bonchev–Trinajstić information content (AvgIpc) is 2.57. The Kier molecular flexibility index (Phi) is 2.02. The fourth-order valence-electron chi connectivity index (χ4n) is 1.20. The molecule has 0 radical (unpaired) electrons. The minimum absolute atomic E-state index is 0.638. The first-order chi connectivity index (χ1) is 6.75. The van der Waals surface area contributed by atoms with Gasteiger partial charge in [0.25, 0.3) is 0 Å². The fraction of sp³-hybridized carbons (Fsp3) is 0. The number of aromatic nitrogens is 2. The molecule has 0 fully saturated rings. The van der Waals surface area contributed by atoms with Crippen LogP contribution in [-0.4, -0.2) is 20.7 Å². The Morgan fingerprint density at radius 2 is 2.36 bits per heavy atom. The van der Waals surface area contributed by atoms with Crippen molar-refractivity contribution in [1.82, 2.24) is 9.61 Å². The Hall–Kier alpha value is -2.10. The highest BCUT2D eigenvalue weighted by molar-refractivity contribution is 5.85. The lowest BCUT2D eigenvalue weighted by Crippen LogP contribution is -1.87. The predicted octanol–water partition coefficient (Wildman–Crippen LogP) is 1.43. The van der Waals surface area contributed by atoms with E-state index in [1.54, 1.807) is 4.52 Å². The number of hydrogen-bond donors (Lipinski definition) is 1. The molecule has 0 aliphatic rings. The standard InChI is InChI=1S/C10H8N2O2/c13-10(14)5-4-8-7-9-3-1-2-6-12(9)11-8/h1-7H,(H,13,14)/b5-4+. The van der Waals surface area contributed by atoms with Crippen LogP contribution in [0.1, 0.15) is 5.69 Å². The number of fused-ring (bicyclic) bond motifs is 1. The largest absolute Gasteiger partial charge is 0.478 e. The van der Waals surface area contributed by atoms with E-state index in [4.69, 9.17) is 5.11 Å². The van der Waals surface area contributed by atoms with Gasteiger partial charge in [-0.05, 0) is 24.3 Å². The van der Waals surface area contributed by atoms with Crippen LogP contribution in [-0.2, 0) is 4.79 Å². The first-order valence-corrected chi connectivity index (χ1v) is 4.11. The first kappa shape index (κ1) is 8.50. The van der Waals surface area contributed by atoms with Crippen molar-refractivity contribution in [3.05, 3.63) is 42.2 Å². The van der Waals surface area contributed by atoms with Crippen molar-refractivity contribution in [3.63, 3.8) is 0 Å².